The van der Waals surface area contributed by atoms with E-state index in [-0.39, 0.29) is 0 Å². The number of para-hydroxylation sites is 1. The third-order valence-corrected chi connectivity index (χ3v) is 3.93. The van der Waals surface area contributed by atoms with Crippen LogP contribution in [0.4, 0.5) is 5.82 Å². The molecule has 0 saturated carbocycles. The normalized spacial score (nSPS) is 19.1. The second-order valence-corrected chi connectivity index (χ2v) is 5.77. The van der Waals surface area contributed by atoms with Gasteiger partial charge in [0.1, 0.15) is 12.1 Å². The Hall–Kier alpha value is -1.68. The SMILES string of the molecule is CC(C)NCC1CCCN1c1ncnc2ccccc12. The van der Waals surface area contributed by atoms with E-state index in [9.17, 15) is 0 Å². The Balaban J connectivity index is 1.89. The van der Waals surface area contributed by atoms with Crippen molar-refractivity contribution in [2.75, 3.05) is 18.0 Å². The molecule has 1 saturated heterocycles. The van der Waals surface area contributed by atoms with Crippen molar-refractivity contribution in [3.8, 4) is 0 Å². The molecule has 4 heteroatoms. The zero-order valence-corrected chi connectivity index (χ0v) is 12.2. The Morgan fingerprint density at radius 1 is 1.30 bits per heavy atom. The molecule has 4 nitrogen and oxygen atoms in total. The summed E-state index contributed by atoms with van der Waals surface area (Å²) in [5.41, 5.74) is 1.03. The molecule has 0 amide bonds. The van der Waals surface area contributed by atoms with Gasteiger partial charge in [-0.2, -0.15) is 0 Å². The predicted molar refractivity (Wildman–Crippen MR) is 83.0 cm³/mol. The van der Waals surface area contributed by atoms with Crippen LogP contribution in [0.25, 0.3) is 10.9 Å². The fourth-order valence-corrected chi connectivity index (χ4v) is 2.92. The molecule has 3 rings (SSSR count). The minimum Gasteiger partial charge on any atom is -0.352 e. The highest BCUT2D eigenvalue weighted by Gasteiger charge is 2.26. The van der Waals surface area contributed by atoms with E-state index < -0.39 is 0 Å². The summed E-state index contributed by atoms with van der Waals surface area (Å²) >= 11 is 0. The first-order chi connectivity index (χ1) is 9.75. The van der Waals surface area contributed by atoms with E-state index in [0.29, 0.717) is 12.1 Å². The molecule has 1 atom stereocenters. The molecule has 1 aliphatic rings. The number of rotatable bonds is 4. The van der Waals surface area contributed by atoms with Crippen LogP contribution in [0.15, 0.2) is 30.6 Å². The van der Waals surface area contributed by atoms with Gasteiger partial charge in [0.05, 0.1) is 5.52 Å². The number of anilines is 1. The quantitative estimate of drug-likeness (QED) is 0.927. The maximum atomic E-state index is 4.55. The Kier molecular flexibility index (Phi) is 3.83. The van der Waals surface area contributed by atoms with Gasteiger partial charge in [0.2, 0.25) is 0 Å². The first-order valence-corrected chi connectivity index (χ1v) is 7.45. The van der Waals surface area contributed by atoms with E-state index in [2.05, 4.69) is 52.2 Å². The Morgan fingerprint density at radius 3 is 3.00 bits per heavy atom. The number of nitrogens with one attached hydrogen (secondary N) is 1. The highest BCUT2D eigenvalue weighted by atomic mass is 15.2. The lowest BCUT2D eigenvalue weighted by Crippen LogP contribution is -2.40. The summed E-state index contributed by atoms with van der Waals surface area (Å²) < 4.78 is 0. The molecule has 1 N–H and O–H groups in total. The molecule has 0 aliphatic carbocycles. The molecular weight excluding hydrogens is 248 g/mol. The molecular formula is C16H22N4. The van der Waals surface area contributed by atoms with Gasteiger partial charge >= 0.3 is 0 Å². The van der Waals surface area contributed by atoms with E-state index in [4.69, 9.17) is 0 Å². The maximum Gasteiger partial charge on any atom is 0.140 e. The highest BCUT2D eigenvalue weighted by molar-refractivity contribution is 5.89. The minimum absolute atomic E-state index is 0.527. The first kappa shape index (κ1) is 13.3. The zero-order chi connectivity index (χ0) is 13.9. The number of nitrogens with zero attached hydrogens (tertiary/aromatic N) is 3. The molecule has 0 spiro atoms. The van der Waals surface area contributed by atoms with Crippen molar-refractivity contribution in [2.45, 2.75) is 38.8 Å². The van der Waals surface area contributed by atoms with Gasteiger partial charge in [-0.15, -0.1) is 0 Å². The molecule has 1 unspecified atom stereocenters. The van der Waals surface area contributed by atoms with Crippen LogP contribution in [0, 0.1) is 0 Å². The van der Waals surface area contributed by atoms with Crippen molar-refractivity contribution in [2.24, 2.45) is 0 Å². The Morgan fingerprint density at radius 2 is 2.15 bits per heavy atom. The second-order valence-electron chi connectivity index (χ2n) is 5.77. The largest absolute Gasteiger partial charge is 0.352 e. The van der Waals surface area contributed by atoms with Crippen molar-refractivity contribution in [1.82, 2.24) is 15.3 Å². The zero-order valence-electron chi connectivity index (χ0n) is 12.2. The predicted octanol–water partition coefficient (Wildman–Crippen LogP) is 2.60. The van der Waals surface area contributed by atoms with Crippen molar-refractivity contribution < 1.29 is 0 Å². The first-order valence-electron chi connectivity index (χ1n) is 7.45. The van der Waals surface area contributed by atoms with Gasteiger partial charge in [-0.25, -0.2) is 9.97 Å². The molecule has 1 aromatic carbocycles. The summed E-state index contributed by atoms with van der Waals surface area (Å²) in [6.45, 7) is 6.50. The van der Waals surface area contributed by atoms with Gasteiger partial charge in [0, 0.05) is 30.6 Å². The summed E-state index contributed by atoms with van der Waals surface area (Å²) in [6, 6.07) is 9.33. The number of aromatic nitrogens is 2. The fraction of sp³-hybridized carbons (Fsp3) is 0.500. The van der Waals surface area contributed by atoms with Crippen LogP contribution >= 0.6 is 0 Å². The van der Waals surface area contributed by atoms with Crippen LogP contribution in [0.2, 0.25) is 0 Å². The van der Waals surface area contributed by atoms with Gasteiger partial charge in [-0.3, -0.25) is 0 Å². The van der Waals surface area contributed by atoms with Crippen LogP contribution < -0.4 is 10.2 Å². The van der Waals surface area contributed by atoms with Gasteiger partial charge in [-0.05, 0) is 25.0 Å². The number of fused-ring (bicyclic) bond motifs is 1. The van der Waals surface area contributed by atoms with Crippen molar-refractivity contribution in [1.29, 1.82) is 0 Å². The van der Waals surface area contributed by atoms with E-state index in [1.807, 2.05) is 6.07 Å². The molecule has 2 aromatic rings. The van der Waals surface area contributed by atoms with E-state index >= 15 is 0 Å². The van der Waals surface area contributed by atoms with Gasteiger partial charge in [0.25, 0.3) is 0 Å². The van der Waals surface area contributed by atoms with Crippen molar-refractivity contribution >= 4 is 16.7 Å². The number of benzene rings is 1. The summed E-state index contributed by atoms with van der Waals surface area (Å²) in [4.78, 5) is 11.4. The summed E-state index contributed by atoms with van der Waals surface area (Å²) in [5.74, 6) is 1.09. The topological polar surface area (TPSA) is 41.0 Å². The maximum absolute atomic E-state index is 4.55. The van der Waals surface area contributed by atoms with Crippen LogP contribution in [0.3, 0.4) is 0 Å². The molecule has 1 aliphatic heterocycles. The van der Waals surface area contributed by atoms with Crippen molar-refractivity contribution in [3.63, 3.8) is 0 Å². The van der Waals surface area contributed by atoms with Crippen LogP contribution in [-0.4, -0.2) is 35.1 Å². The summed E-state index contributed by atoms with van der Waals surface area (Å²) in [7, 11) is 0. The summed E-state index contributed by atoms with van der Waals surface area (Å²) in [5, 5.41) is 4.71. The minimum atomic E-state index is 0.527. The molecule has 1 fully saturated rings. The van der Waals surface area contributed by atoms with Crippen LogP contribution in [0.5, 0.6) is 0 Å². The van der Waals surface area contributed by atoms with Crippen molar-refractivity contribution in [3.05, 3.63) is 30.6 Å². The van der Waals surface area contributed by atoms with Crippen LogP contribution in [0.1, 0.15) is 26.7 Å². The summed E-state index contributed by atoms with van der Waals surface area (Å²) in [6.07, 6.45) is 4.16. The second kappa shape index (κ2) is 5.75. The standard InChI is InChI=1S/C16H22N4/c1-12(2)17-10-13-6-5-9-20(13)16-14-7-3-4-8-15(14)18-11-19-16/h3-4,7-8,11-13,17H,5-6,9-10H2,1-2H3. The molecule has 0 radical (unpaired) electrons. The molecule has 0 bridgehead atoms. The lowest BCUT2D eigenvalue weighted by Gasteiger charge is -2.27. The average Bonchev–Trinajstić information content (AvgIpc) is 2.92. The van der Waals surface area contributed by atoms with E-state index in [0.717, 1.165) is 29.8 Å². The third-order valence-electron chi connectivity index (χ3n) is 3.93. The third kappa shape index (κ3) is 2.61. The van der Waals surface area contributed by atoms with Gasteiger partial charge in [-0.1, -0.05) is 26.0 Å². The van der Waals surface area contributed by atoms with Gasteiger partial charge < -0.3 is 10.2 Å². The Labute approximate surface area is 120 Å². The monoisotopic (exact) mass is 270 g/mol. The number of hydrogen-bond donors (Lipinski definition) is 1. The molecule has 1 aromatic heterocycles. The van der Waals surface area contributed by atoms with E-state index in [1.165, 1.54) is 12.8 Å². The van der Waals surface area contributed by atoms with E-state index in [1.54, 1.807) is 6.33 Å². The number of hydrogen-bond acceptors (Lipinski definition) is 4. The highest BCUT2D eigenvalue weighted by Crippen LogP contribution is 2.29. The van der Waals surface area contributed by atoms with Crippen LogP contribution in [-0.2, 0) is 0 Å². The Bertz CT molecular complexity index is 576. The average molecular weight is 270 g/mol. The molecule has 106 valence electrons. The molecule has 2 heterocycles. The smallest absolute Gasteiger partial charge is 0.140 e. The van der Waals surface area contributed by atoms with Gasteiger partial charge in [0.15, 0.2) is 0 Å². The lowest BCUT2D eigenvalue weighted by molar-refractivity contribution is 0.523. The lowest BCUT2D eigenvalue weighted by atomic mass is 10.2. The fourth-order valence-electron chi connectivity index (χ4n) is 2.92. The molecule has 20 heavy (non-hydrogen) atoms.